The van der Waals surface area contributed by atoms with Gasteiger partial charge in [-0.25, -0.2) is 4.79 Å². The lowest BCUT2D eigenvalue weighted by Crippen LogP contribution is -2.28. The highest BCUT2D eigenvalue weighted by molar-refractivity contribution is 6.44. The molecule has 0 spiro atoms. The fourth-order valence-electron chi connectivity index (χ4n) is 0.945. The molecule has 0 aliphatic heterocycles. The van der Waals surface area contributed by atoms with Crippen LogP contribution in [-0.4, -0.2) is 12.6 Å². The smallest absolute Gasteiger partial charge is 0.319 e. The average Bonchev–Trinajstić information content (AvgIpc) is 2.14. The lowest BCUT2D eigenvalue weighted by Gasteiger charge is -2.08. The molecule has 1 aromatic carbocycles. The number of halogens is 3. The van der Waals surface area contributed by atoms with E-state index in [-0.39, 0.29) is 6.03 Å². The average molecular weight is 268 g/mol. The van der Waals surface area contributed by atoms with Crippen LogP contribution in [0.25, 0.3) is 0 Å². The number of nitrogens with one attached hydrogen (secondary N) is 2. The third-order valence-electron chi connectivity index (χ3n) is 1.60. The molecule has 0 aliphatic rings. The van der Waals surface area contributed by atoms with Crippen LogP contribution in [-0.2, 0) is 0 Å². The van der Waals surface area contributed by atoms with E-state index in [0.29, 0.717) is 27.3 Å². The van der Waals surface area contributed by atoms with Crippen LogP contribution >= 0.6 is 34.8 Å². The summed E-state index contributed by atoms with van der Waals surface area (Å²) >= 11 is 17.4. The van der Waals surface area contributed by atoms with Crippen LogP contribution in [0.15, 0.2) is 12.1 Å². The number of hydrogen-bond acceptors (Lipinski definition) is 1. The molecular formula is C9H9Cl3N2O. The van der Waals surface area contributed by atoms with Crippen LogP contribution in [0.3, 0.4) is 0 Å². The molecule has 6 heteroatoms. The number of rotatable bonds is 2. The third kappa shape index (κ3) is 3.45. The van der Waals surface area contributed by atoms with E-state index < -0.39 is 0 Å². The van der Waals surface area contributed by atoms with Crippen molar-refractivity contribution in [2.24, 2.45) is 0 Å². The molecule has 2 amide bonds. The van der Waals surface area contributed by atoms with Crippen LogP contribution in [0, 0.1) is 0 Å². The molecular weight excluding hydrogens is 258 g/mol. The van der Waals surface area contributed by atoms with Crippen molar-refractivity contribution in [1.82, 2.24) is 5.32 Å². The second kappa shape index (κ2) is 5.45. The fraction of sp³-hybridized carbons (Fsp3) is 0.222. The summed E-state index contributed by atoms with van der Waals surface area (Å²) in [5, 5.41) is 6.16. The van der Waals surface area contributed by atoms with Gasteiger partial charge in [-0.05, 0) is 19.1 Å². The molecule has 82 valence electrons. The molecule has 0 bridgehead atoms. The van der Waals surface area contributed by atoms with Gasteiger partial charge in [0.05, 0.1) is 20.8 Å². The number of hydrogen-bond donors (Lipinski definition) is 2. The van der Waals surface area contributed by atoms with Gasteiger partial charge < -0.3 is 10.6 Å². The molecule has 2 N–H and O–H groups in total. The Hall–Kier alpha value is -0.640. The predicted molar refractivity (Wildman–Crippen MR) is 64.2 cm³/mol. The highest BCUT2D eigenvalue weighted by Gasteiger charge is 2.08. The summed E-state index contributed by atoms with van der Waals surface area (Å²) in [5.41, 5.74) is 0.428. The maximum atomic E-state index is 11.2. The molecule has 1 rings (SSSR count). The van der Waals surface area contributed by atoms with Crippen LogP contribution in [0.1, 0.15) is 6.92 Å². The standard InChI is InChI=1S/C9H9Cl3N2O/c1-2-13-9(15)14-8-4-6(11)5(10)3-7(8)12/h3-4H,2H2,1H3,(H2,13,14,15). The Morgan fingerprint density at radius 1 is 1.20 bits per heavy atom. The molecule has 0 heterocycles. The molecule has 0 aromatic heterocycles. The normalized spacial score (nSPS) is 9.87. The molecule has 0 aliphatic carbocycles. The van der Waals surface area contributed by atoms with Crippen molar-refractivity contribution in [2.75, 3.05) is 11.9 Å². The highest BCUT2D eigenvalue weighted by Crippen LogP contribution is 2.32. The summed E-state index contributed by atoms with van der Waals surface area (Å²) in [6, 6.07) is 2.65. The minimum Gasteiger partial charge on any atom is -0.338 e. The quantitative estimate of drug-likeness (QED) is 0.787. The lowest BCUT2D eigenvalue weighted by atomic mass is 10.3. The van der Waals surface area contributed by atoms with E-state index in [4.69, 9.17) is 34.8 Å². The van der Waals surface area contributed by atoms with E-state index in [9.17, 15) is 4.79 Å². The van der Waals surface area contributed by atoms with E-state index in [0.717, 1.165) is 0 Å². The summed E-state index contributed by atoms with van der Waals surface area (Å²) in [7, 11) is 0. The molecule has 15 heavy (non-hydrogen) atoms. The number of urea groups is 1. The zero-order valence-corrected chi connectivity index (χ0v) is 10.2. The second-order valence-corrected chi connectivity index (χ2v) is 3.95. The Kier molecular flexibility index (Phi) is 4.51. The van der Waals surface area contributed by atoms with E-state index in [1.165, 1.54) is 12.1 Å². The van der Waals surface area contributed by atoms with Gasteiger partial charge in [0.1, 0.15) is 0 Å². The molecule has 0 radical (unpaired) electrons. The Bertz CT molecular complexity index is 382. The van der Waals surface area contributed by atoms with Crippen molar-refractivity contribution in [3.63, 3.8) is 0 Å². The van der Waals surface area contributed by atoms with Gasteiger partial charge in [0.15, 0.2) is 0 Å². The van der Waals surface area contributed by atoms with Crippen LogP contribution in [0.2, 0.25) is 15.1 Å². The number of amides is 2. The van der Waals surface area contributed by atoms with E-state index in [1.54, 1.807) is 0 Å². The molecule has 1 aromatic rings. The summed E-state index contributed by atoms with van der Waals surface area (Å²) in [5.74, 6) is 0. The van der Waals surface area contributed by atoms with Crippen LogP contribution < -0.4 is 10.6 Å². The van der Waals surface area contributed by atoms with Crippen molar-refractivity contribution in [2.45, 2.75) is 6.92 Å². The zero-order valence-electron chi connectivity index (χ0n) is 7.90. The number of carbonyl (C=O) groups excluding carboxylic acids is 1. The van der Waals surface area contributed by atoms with Gasteiger partial charge in [0.25, 0.3) is 0 Å². The van der Waals surface area contributed by atoms with Crippen molar-refractivity contribution < 1.29 is 4.79 Å². The maximum absolute atomic E-state index is 11.2. The molecule has 0 unspecified atom stereocenters. The largest absolute Gasteiger partial charge is 0.338 e. The predicted octanol–water partition coefficient (Wildman–Crippen LogP) is 3.79. The molecule has 0 fully saturated rings. The topological polar surface area (TPSA) is 41.1 Å². The minimum absolute atomic E-state index is 0.335. The summed E-state index contributed by atoms with van der Waals surface area (Å²) in [6.45, 7) is 2.35. The number of carbonyl (C=O) groups is 1. The van der Waals surface area contributed by atoms with Gasteiger partial charge in [-0.3, -0.25) is 0 Å². The first-order chi connectivity index (χ1) is 7.04. The molecule has 0 saturated heterocycles. The monoisotopic (exact) mass is 266 g/mol. The number of benzene rings is 1. The fourth-order valence-corrected chi connectivity index (χ4v) is 1.54. The first-order valence-electron chi connectivity index (χ1n) is 4.24. The molecule has 0 saturated carbocycles. The first kappa shape index (κ1) is 12.4. The summed E-state index contributed by atoms with van der Waals surface area (Å²) < 4.78 is 0. The SMILES string of the molecule is CCNC(=O)Nc1cc(Cl)c(Cl)cc1Cl. The van der Waals surface area contributed by atoms with Crippen LogP contribution in [0.5, 0.6) is 0 Å². The van der Waals surface area contributed by atoms with Crippen molar-refractivity contribution >= 4 is 46.5 Å². The third-order valence-corrected chi connectivity index (χ3v) is 2.63. The first-order valence-corrected chi connectivity index (χ1v) is 5.37. The highest BCUT2D eigenvalue weighted by atomic mass is 35.5. The van der Waals surface area contributed by atoms with E-state index >= 15 is 0 Å². The zero-order chi connectivity index (χ0) is 11.4. The Labute approximate surface area is 103 Å². The van der Waals surface area contributed by atoms with Gasteiger partial charge >= 0.3 is 6.03 Å². The maximum Gasteiger partial charge on any atom is 0.319 e. The van der Waals surface area contributed by atoms with Gasteiger partial charge in [0, 0.05) is 6.54 Å². The molecule has 0 atom stereocenters. The van der Waals surface area contributed by atoms with E-state index in [2.05, 4.69) is 10.6 Å². The van der Waals surface area contributed by atoms with Crippen molar-refractivity contribution in [1.29, 1.82) is 0 Å². The number of anilines is 1. The molecule has 3 nitrogen and oxygen atoms in total. The Morgan fingerprint density at radius 2 is 1.80 bits per heavy atom. The van der Waals surface area contributed by atoms with Crippen LogP contribution in [0.4, 0.5) is 10.5 Å². The second-order valence-electron chi connectivity index (χ2n) is 2.73. The van der Waals surface area contributed by atoms with Gasteiger partial charge in [-0.1, -0.05) is 34.8 Å². The Balaban J connectivity index is 2.86. The summed E-state index contributed by atoms with van der Waals surface area (Å²) in [6.07, 6.45) is 0. The summed E-state index contributed by atoms with van der Waals surface area (Å²) in [4.78, 5) is 11.2. The lowest BCUT2D eigenvalue weighted by molar-refractivity contribution is 0.252. The van der Waals surface area contributed by atoms with Crippen molar-refractivity contribution in [3.05, 3.63) is 27.2 Å². The minimum atomic E-state index is -0.335. The van der Waals surface area contributed by atoms with Gasteiger partial charge in [0.2, 0.25) is 0 Å². The van der Waals surface area contributed by atoms with Gasteiger partial charge in [-0.15, -0.1) is 0 Å². The van der Waals surface area contributed by atoms with Gasteiger partial charge in [-0.2, -0.15) is 0 Å². The van der Waals surface area contributed by atoms with E-state index in [1.807, 2.05) is 6.92 Å². The Morgan fingerprint density at radius 3 is 2.40 bits per heavy atom. The van der Waals surface area contributed by atoms with Crippen molar-refractivity contribution in [3.8, 4) is 0 Å².